The highest BCUT2D eigenvalue weighted by Gasteiger charge is 2.16. The van der Waals surface area contributed by atoms with Crippen molar-refractivity contribution in [3.63, 3.8) is 0 Å². The molecule has 0 aromatic carbocycles. The summed E-state index contributed by atoms with van der Waals surface area (Å²) >= 11 is 0. The van der Waals surface area contributed by atoms with E-state index in [4.69, 9.17) is 9.47 Å². The molecule has 0 spiro atoms. The van der Waals surface area contributed by atoms with Gasteiger partial charge in [-0.15, -0.1) is 0 Å². The minimum Gasteiger partial charge on any atom is -0.475 e. The lowest BCUT2D eigenvalue weighted by Crippen LogP contribution is -2.16. The lowest BCUT2D eigenvalue weighted by atomic mass is 10.2. The topological polar surface area (TPSA) is 56.3 Å². The molecule has 1 heterocycles. The molecule has 1 aliphatic rings. The van der Waals surface area contributed by atoms with E-state index in [2.05, 4.69) is 15.3 Å². The molecule has 0 unspecified atom stereocenters. The molecule has 5 nitrogen and oxygen atoms in total. The Hall–Kier alpha value is -1.36. The van der Waals surface area contributed by atoms with Gasteiger partial charge in [-0.2, -0.15) is 4.98 Å². The minimum absolute atomic E-state index is 0.513. The number of nitrogens with one attached hydrogen (secondary N) is 1. The first-order valence-corrected chi connectivity index (χ1v) is 7.08. The van der Waals surface area contributed by atoms with Crippen molar-refractivity contribution in [1.82, 2.24) is 9.97 Å². The van der Waals surface area contributed by atoms with Crippen LogP contribution in [-0.2, 0) is 11.2 Å². The van der Waals surface area contributed by atoms with Crippen molar-refractivity contribution in [2.75, 3.05) is 25.6 Å². The van der Waals surface area contributed by atoms with E-state index < -0.39 is 0 Å². The number of methoxy groups -OCH3 is 1. The predicted molar refractivity (Wildman–Crippen MR) is 74.7 cm³/mol. The van der Waals surface area contributed by atoms with Crippen molar-refractivity contribution in [2.45, 2.75) is 45.1 Å². The lowest BCUT2D eigenvalue weighted by molar-refractivity contribution is 0.143. The van der Waals surface area contributed by atoms with Gasteiger partial charge in [-0.3, -0.25) is 0 Å². The largest absolute Gasteiger partial charge is 0.475 e. The number of hydrogen-bond acceptors (Lipinski definition) is 5. The molecule has 1 N–H and O–H groups in total. The fourth-order valence-corrected chi connectivity index (χ4v) is 2.29. The number of anilines is 1. The second-order valence-corrected chi connectivity index (χ2v) is 4.83. The number of rotatable bonds is 7. The summed E-state index contributed by atoms with van der Waals surface area (Å²) in [7, 11) is 1.66. The van der Waals surface area contributed by atoms with Gasteiger partial charge >= 0.3 is 0 Å². The Morgan fingerprint density at radius 1 is 1.26 bits per heavy atom. The lowest BCUT2D eigenvalue weighted by Gasteiger charge is -2.14. The van der Waals surface area contributed by atoms with E-state index in [9.17, 15) is 0 Å². The average molecular weight is 265 g/mol. The van der Waals surface area contributed by atoms with Crippen molar-refractivity contribution in [3.8, 4) is 5.88 Å². The van der Waals surface area contributed by atoms with E-state index in [-0.39, 0.29) is 0 Å². The number of nitrogens with zero attached hydrogens (tertiary/aromatic N) is 2. The van der Waals surface area contributed by atoms with E-state index in [0.717, 1.165) is 18.1 Å². The molecular formula is C14H23N3O2. The number of aryl methyl sites for hydroxylation is 1. The Labute approximate surface area is 114 Å². The predicted octanol–water partition coefficient (Wildman–Crippen LogP) is 2.42. The molecule has 0 amide bonds. The molecule has 0 bridgehead atoms. The molecule has 0 saturated heterocycles. The SMILES string of the molecule is CCc1nc(NC2CCCC2)cc(OCCOC)n1. The summed E-state index contributed by atoms with van der Waals surface area (Å²) in [4.78, 5) is 8.88. The molecule has 1 aromatic rings. The minimum atomic E-state index is 0.513. The molecule has 0 aliphatic heterocycles. The van der Waals surface area contributed by atoms with Gasteiger partial charge in [0.05, 0.1) is 6.61 Å². The third kappa shape index (κ3) is 4.35. The summed E-state index contributed by atoms with van der Waals surface area (Å²) in [5, 5.41) is 3.48. The van der Waals surface area contributed by atoms with Crippen molar-refractivity contribution >= 4 is 5.82 Å². The van der Waals surface area contributed by atoms with Crippen LogP contribution < -0.4 is 10.1 Å². The van der Waals surface area contributed by atoms with E-state index in [1.165, 1.54) is 25.7 Å². The first-order valence-electron chi connectivity index (χ1n) is 7.08. The van der Waals surface area contributed by atoms with Crippen LogP contribution in [0.2, 0.25) is 0 Å². The summed E-state index contributed by atoms with van der Waals surface area (Å²) in [6.45, 7) is 3.13. The van der Waals surface area contributed by atoms with Crippen LogP contribution in [0.15, 0.2) is 6.07 Å². The number of hydrogen-bond donors (Lipinski definition) is 1. The van der Waals surface area contributed by atoms with Crippen LogP contribution in [0.3, 0.4) is 0 Å². The first kappa shape index (κ1) is 14.1. The Bertz CT molecular complexity index is 392. The van der Waals surface area contributed by atoms with Crippen molar-refractivity contribution in [2.24, 2.45) is 0 Å². The zero-order chi connectivity index (χ0) is 13.5. The van der Waals surface area contributed by atoms with Gasteiger partial charge in [-0.25, -0.2) is 4.98 Å². The Morgan fingerprint density at radius 3 is 2.74 bits per heavy atom. The second kappa shape index (κ2) is 7.28. The first-order chi connectivity index (χ1) is 9.31. The van der Waals surface area contributed by atoms with E-state index in [0.29, 0.717) is 25.1 Å². The monoisotopic (exact) mass is 265 g/mol. The summed E-state index contributed by atoms with van der Waals surface area (Å²) in [6.07, 6.45) is 5.87. The maximum atomic E-state index is 5.58. The third-order valence-corrected chi connectivity index (χ3v) is 3.31. The van der Waals surface area contributed by atoms with Gasteiger partial charge in [0.1, 0.15) is 18.2 Å². The van der Waals surface area contributed by atoms with Crippen LogP contribution in [0, 0.1) is 0 Å². The van der Waals surface area contributed by atoms with Crippen LogP contribution >= 0.6 is 0 Å². The molecule has 2 rings (SSSR count). The van der Waals surface area contributed by atoms with Crippen LogP contribution in [-0.4, -0.2) is 36.3 Å². The van der Waals surface area contributed by atoms with Crippen LogP contribution in [0.1, 0.15) is 38.4 Å². The van der Waals surface area contributed by atoms with Gasteiger partial charge in [-0.1, -0.05) is 19.8 Å². The highest BCUT2D eigenvalue weighted by atomic mass is 16.5. The van der Waals surface area contributed by atoms with Crippen molar-refractivity contribution < 1.29 is 9.47 Å². The average Bonchev–Trinajstić information content (AvgIpc) is 2.91. The molecular weight excluding hydrogens is 242 g/mol. The highest BCUT2D eigenvalue weighted by Crippen LogP contribution is 2.23. The van der Waals surface area contributed by atoms with Gasteiger partial charge in [0, 0.05) is 25.6 Å². The van der Waals surface area contributed by atoms with E-state index in [1.54, 1.807) is 7.11 Å². The van der Waals surface area contributed by atoms with Crippen LogP contribution in [0.25, 0.3) is 0 Å². The van der Waals surface area contributed by atoms with Gasteiger partial charge in [0.15, 0.2) is 0 Å². The molecule has 5 heteroatoms. The maximum absolute atomic E-state index is 5.58. The Morgan fingerprint density at radius 2 is 2.05 bits per heavy atom. The Balaban J connectivity index is 2.01. The van der Waals surface area contributed by atoms with Gasteiger partial charge < -0.3 is 14.8 Å². The molecule has 0 radical (unpaired) electrons. The zero-order valence-electron chi connectivity index (χ0n) is 11.8. The second-order valence-electron chi connectivity index (χ2n) is 4.83. The summed E-state index contributed by atoms with van der Waals surface area (Å²) in [6, 6.07) is 2.43. The van der Waals surface area contributed by atoms with Gasteiger partial charge in [-0.05, 0) is 12.8 Å². The molecule has 106 valence electrons. The van der Waals surface area contributed by atoms with Gasteiger partial charge in [0.2, 0.25) is 5.88 Å². The van der Waals surface area contributed by atoms with E-state index >= 15 is 0 Å². The fourth-order valence-electron chi connectivity index (χ4n) is 2.29. The van der Waals surface area contributed by atoms with Crippen molar-refractivity contribution in [3.05, 3.63) is 11.9 Å². The quantitative estimate of drug-likeness (QED) is 0.767. The maximum Gasteiger partial charge on any atom is 0.218 e. The molecule has 1 aromatic heterocycles. The van der Waals surface area contributed by atoms with Crippen LogP contribution in [0.4, 0.5) is 5.82 Å². The molecule has 0 atom stereocenters. The van der Waals surface area contributed by atoms with Crippen LogP contribution in [0.5, 0.6) is 5.88 Å². The smallest absolute Gasteiger partial charge is 0.218 e. The normalized spacial score (nSPS) is 15.7. The summed E-state index contributed by atoms with van der Waals surface area (Å²) in [5.74, 6) is 2.32. The molecule has 1 aliphatic carbocycles. The third-order valence-electron chi connectivity index (χ3n) is 3.31. The zero-order valence-corrected chi connectivity index (χ0v) is 11.8. The Kier molecular flexibility index (Phi) is 5.39. The van der Waals surface area contributed by atoms with Gasteiger partial charge in [0.25, 0.3) is 0 Å². The van der Waals surface area contributed by atoms with Crippen molar-refractivity contribution in [1.29, 1.82) is 0 Å². The number of aromatic nitrogens is 2. The molecule has 1 saturated carbocycles. The highest BCUT2D eigenvalue weighted by molar-refractivity contribution is 5.39. The fraction of sp³-hybridized carbons (Fsp3) is 0.714. The number of ether oxygens (including phenoxy) is 2. The molecule has 19 heavy (non-hydrogen) atoms. The summed E-state index contributed by atoms with van der Waals surface area (Å²) < 4.78 is 10.6. The standard InChI is InChI=1S/C14H23N3O2/c1-3-12-16-13(15-11-6-4-5-7-11)10-14(17-12)19-9-8-18-2/h10-11H,3-9H2,1-2H3,(H,15,16,17). The van der Waals surface area contributed by atoms with E-state index in [1.807, 2.05) is 13.0 Å². The molecule has 1 fully saturated rings. The summed E-state index contributed by atoms with van der Waals surface area (Å²) in [5.41, 5.74) is 0.